The van der Waals surface area contributed by atoms with Crippen molar-refractivity contribution in [3.05, 3.63) is 30.1 Å². The molecule has 98 valence electrons. The minimum Gasteiger partial charge on any atom is -0.320 e. The minimum atomic E-state index is -0.472. The molecular weight excluding hydrogens is 231 g/mol. The number of amides is 1. The summed E-state index contributed by atoms with van der Waals surface area (Å²) in [6, 6.07) is 5.60. The number of carbonyl (C=O) groups excluding carboxylic acids is 1. The second-order valence-electron chi connectivity index (χ2n) is 4.85. The fourth-order valence-electron chi connectivity index (χ4n) is 2.12. The molecule has 0 unspecified atom stereocenters. The highest BCUT2D eigenvalue weighted by molar-refractivity contribution is 5.97. The third-order valence-electron chi connectivity index (χ3n) is 3.30. The average Bonchev–Trinajstić information content (AvgIpc) is 3.14. The summed E-state index contributed by atoms with van der Waals surface area (Å²) in [4.78, 5) is 13.8. The van der Waals surface area contributed by atoms with Gasteiger partial charge < -0.3 is 10.6 Å². The summed E-state index contributed by atoms with van der Waals surface area (Å²) in [5, 5.41) is 0. The van der Waals surface area contributed by atoms with Crippen LogP contribution >= 0.6 is 0 Å². The monoisotopic (exact) mass is 250 g/mol. The number of rotatable bonds is 5. The third kappa shape index (κ3) is 3.07. The van der Waals surface area contributed by atoms with Crippen molar-refractivity contribution in [3.63, 3.8) is 0 Å². The second kappa shape index (κ2) is 5.48. The van der Waals surface area contributed by atoms with Gasteiger partial charge in [0, 0.05) is 12.2 Å². The van der Waals surface area contributed by atoms with E-state index in [1.165, 1.54) is 25.0 Å². The van der Waals surface area contributed by atoms with E-state index in [4.69, 9.17) is 5.73 Å². The van der Waals surface area contributed by atoms with E-state index >= 15 is 0 Å². The number of nitrogens with two attached hydrogens (primary N) is 1. The first kappa shape index (κ1) is 13.0. The summed E-state index contributed by atoms with van der Waals surface area (Å²) in [5.41, 5.74) is 6.50. The van der Waals surface area contributed by atoms with Crippen molar-refractivity contribution in [1.29, 1.82) is 0 Å². The summed E-state index contributed by atoms with van der Waals surface area (Å²) in [6.45, 7) is 2.37. The van der Waals surface area contributed by atoms with Crippen LogP contribution in [-0.4, -0.2) is 18.5 Å². The lowest BCUT2D eigenvalue weighted by atomic mass is 10.1. The fourth-order valence-corrected chi connectivity index (χ4v) is 2.12. The molecular formula is C14H19FN2O. The van der Waals surface area contributed by atoms with E-state index in [0.29, 0.717) is 18.2 Å². The van der Waals surface area contributed by atoms with Crippen LogP contribution < -0.4 is 10.6 Å². The molecule has 1 aromatic carbocycles. The molecule has 1 aliphatic rings. The maximum Gasteiger partial charge on any atom is 0.243 e. The maximum absolute atomic E-state index is 13.2. The van der Waals surface area contributed by atoms with E-state index in [2.05, 4.69) is 0 Å². The highest BCUT2D eigenvalue weighted by atomic mass is 19.1. The number of anilines is 1. The SMILES string of the molecule is CCN(C(=O)[C@@H](N)CC1CC1)c1cccc(F)c1. The molecule has 1 aromatic rings. The first-order valence-electron chi connectivity index (χ1n) is 6.44. The van der Waals surface area contributed by atoms with Crippen molar-refractivity contribution in [2.45, 2.75) is 32.2 Å². The van der Waals surface area contributed by atoms with E-state index < -0.39 is 6.04 Å². The van der Waals surface area contributed by atoms with E-state index in [0.717, 1.165) is 6.42 Å². The lowest BCUT2D eigenvalue weighted by molar-refractivity contribution is -0.120. The summed E-state index contributed by atoms with van der Waals surface area (Å²) >= 11 is 0. The zero-order chi connectivity index (χ0) is 13.1. The zero-order valence-electron chi connectivity index (χ0n) is 10.6. The van der Waals surface area contributed by atoms with Gasteiger partial charge in [0.15, 0.2) is 0 Å². The highest BCUT2D eigenvalue weighted by Gasteiger charge is 2.29. The highest BCUT2D eigenvalue weighted by Crippen LogP contribution is 2.33. The molecule has 2 N–H and O–H groups in total. The molecule has 1 atom stereocenters. The largest absolute Gasteiger partial charge is 0.320 e. The first-order chi connectivity index (χ1) is 8.61. The molecule has 0 aliphatic heterocycles. The van der Waals surface area contributed by atoms with Gasteiger partial charge in [0.25, 0.3) is 0 Å². The lowest BCUT2D eigenvalue weighted by Gasteiger charge is -2.24. The normalized spacial score (nSPS) is 16.4. The van der Waals surface area contributed by atoms with Gasteiger partial charge in [-0.05, 0) is 37.5 Å². The van der Waals surface area contributed by atoms with Crippen LogP contribution in [0.5, 0.6) is 0 Å². The minimum absolute atomic E-state index is 0.116. The van der Waals surface area contributed by atoms with Crippen LogP contribution in [-0.2, 0) is 4.79 Å². The Kier molecular flexibility index (Phi) is 3.97. The van der Waals surface area contributed by atoms with Crippen molar-refractivity contribution < 1.29 is 9.18 Å². The standard InChI is InChI=1S/C14H19FN2O/c1-2-17(12-5-3-4-11(15)9-12)14(18)13(16)8-10-6-7-10/h3-5,9-10,13H,2,6-8,16H2,1H3/t13-/m0/s1. The molecule has 0 spiro atoms. The number of benzene rings is 1. The van der Waals surface area contributed by atoms with Crippen LogP contribution in [0, 0.1) is 11.7 Å². The van der Waals surface area contributed by atoms with Gasteiger partial charge in [-0.15, -0.1) is 0 Å². The molecule has 1 amide bonds. The number of hydrogen-bond donors (Lipinski definition) is 1. The Balaban J connectivity index is 2.09. The molecule has 1 fully saturated rings. The van der Waals surface area contributed by atoms with Crippen molar-refractivity contribution in [3.8, 4) is 0 Å². The van der Waals surface area contributed by atoms with Gasteiger partial charge in [-0.2, -0.15) is 0 Å². The van der Waals surface area contributed by atoms with E-state index in [1.54, 1.807) is 17.0 Å². The van der Waals surface area contributed by atoms with Crippen molar-refractivity contribution >= 4 is 11.6 Å². The summed E-state index contributed by atoms with van der Waals surface area (Å²) in [6.07, 6.45) is 3.09. The molecule has 1 saturated carbocycles. The van der Waals surface area contributed by atoms with Crippen LogP contribution in [0.2, 0.25) is 0 Å². The second-order valence-corrected chi connectivity index (χ2v) is 4.85. The molecule has 0 aromatic heterocycles. The maximum atomic E-state index is 13.2. The van der Waals surface area contributed by atoms with Gasteiger partial charge in [0.05, 0.1) is 6.04 Å². The predicted molar refractivity (Wildman–Crippen MR) is 69.7 cm³/mol. The first-order valence-corrected chi connectivity index (χ1v) is 6.44. The smallest absolute Gasteiger partial charge is 0.243 e. The molecule has 3 nitrogen and oxygen atoms in total. The van der Waals surface area contributed by atoms with Gasteiger partial charge in [-0.3, -0.25) is 4.79 Å². The molecule has 18 heavy (non-hydrogen) atoms. The lowest BCUT2D eigenvalue weighted by Crippen LogP contribution is -2.44. The summed E-state index contributed by atoms with van der Waals surface area (Å²) < 4.78 is 13.2. The number of halogens is 1. The van der Waals surface area contributed by atoms with E-state index in [1.807, 2.05) is 6.92 Å². The molecule has 4 heteroatoms. The Bertz CT molecular complexity index is 432. The summed E-state index contributed by atoms with van der Waals surface area (Å²) in [7, 11) is 0. The quantitative estimate of drug-likeness (QED) is 0.871. The van der Waals surface area contributed by atoms with Crippen LogP contribution in [0.1, 0.15) is 26.2 Å². The Hall–Kier alpha value is -1.42. The van der Waals surface area contributed by atoms with Gasteiger partial charge >= 0.3 is 0 Å². The number of nitrogens with zero attached hydrogens (tertiary/aromatic N) is 1. The van der Waals surface area contributed by atoms with Gasteiger partial charge in [-0.25, -0.2) is 4.39 Å². The molecule has 0 saturated heterocycles. The van der Waals surface area contributed by atoms with Crippen LogP contribution in [0.3, 0.4) is 0 Å². The molecule has 0 bridgehead atoms. The topological polar surface area (TPSA) is 46.3 Å². The number of hydrogen-bond acceptors (Lipinski definition) is 2. The Labute approximate surface area is 107 Å². The third-order valence-corrected chi connectivity index (χ3v) is 3.30. The van der Waals surface area contributed by atoms with E-state index in [-0.39, 0.29) is 11.7 Å². The molecule has 2 rings (SSSR count). The van der Waals surface area contributed by atoms with Crippen molar-refractivity contribution in [2.24, 2.45) is 11.7 Å². The molecule has 0 heterocycles. The van der Waals surface area contributed by atoms with Crippen LogP contribution in [0.25, 0.3) is 0 Å². The Morgan fingerprint density at radius 1 is 1.56 bits per heavy atom. The molecule has 0 radical (unpaired) electrons. The Morgan fingerprint density at radius 3 is 2.83 bits per heavy atom. The van der Waals surface area contributed by atoms with Crippen molar-refractivity contribution in [1.82, 2.24) is 0 Å². The summed E-state index contributed by atoms with van der Waals surface area (Å²) in [5.74, 6) is 0.152. The van der Waals surface area contributed by atoms with Gasteiger partial charge in [0.1, 0.15) is 5.82 Å². The Morgan fingerprint density at radius 2 is 2.28 bits per heavy atom. The zero-order valence-corrected chi connectivity index (χ0v) is 10.6. The van der Waals surface area contributed by atoms with Gasteiger partial charge in [-0.1, -0.05) is 18.9 Å². The van der Waals surface area contributed by atoms with Crippen LogP contribution in [0.15, 0.2) is 24.3 Å². The van der Waals surface area contributed by atoms with Crippen molar-refractivity contribution in [2.75, 3.05) is 11.4 Å². The number of carbonyl (C=O) groups is 1. The fraction of sp³-hybridized carbons (Fsp3) is 0.500. The average molecular weight is 250 g/mol. The predicted octanol–water partition coefficient (Wildman–Crippen LogP) is 2.31. The van der Waals surface area contributed by atoms with Gasteiger partial charge in [0.2, 0.25) is 5.91 Å². The van der Waals surface area contributed by atoms with Crippen LogP contribution in [0.4, 0.5) is 10.1 Å². The number of likely N-dealkylation sites (N-methyl/N-ethyl adjacent to an activating group) is 1. The van der Waals surface area contributed by atoms with E-state index in [9.17, 15) is 9.18 Å². The molecule has 1 aliphatic carbocycles.